The quantitative estimate of drug-likeness (QED) is 0.794. The molecule has 2 unspecified atom stereocenters. The lowest BCUT2D eigenvalue weighted by Crippen LogP contribution is -2.40. The Bertz CT molecular complexity index is 201. The number of hydrogen-bond donors (Lipinski definition) is 1. The van der Waals surface area contributed by atoms with Gasteiger partial charge in [-0.25, -0.2) is 0 Å². The second-order valence-electron chi connectivity index (χ2n) is 6.88. The van der Waals surface area contributed by atoms with Crippen molar-refractivity contribution in [3.63, 3.8) is 0 Å². The van der Waals surface area contributed by atoms with Gasteiger partial charge in [-0.2, -0.15) is 0 Å². The summed E-state index contributed by atoms with van der Waals surface area (Å²) in [6.07, 6.45) is 5.56. The van der Waals surface area contributed by atoms with Gasteiger partial charge >= 0.3 is 0 Å². The molecule has 1 aliphatic heterocycles. The first-order valence-corrected chi connectivity index (χ1v) is 7.32. The van der Waals surface area contributed by atoms with Crippen LogP contribution in [-0.2, 0) is 0 Å². The Morgan fingerprint density at radius 2 is 2.06 bits per heavy atom. The lowest BCUT2D eigenvalue weighted by Gasteiger charge is -2.35. The monoisotopic (exact) mass is 240 g/mol. The van der Waals surface area contributed by atoms with Crippen molar-refractivity contribution in [1.82, 2.24) is 10.2 Å². The SMILES string of the molecule is CC(N(C)CCCC1CCCNC1)C(C)(C)C. The Kier molecular flexibility index (Phi) is 5.94. The van der Waals surface area contributed by atoms with Crippen molar-refractivity contribution < 1.29 is 0 Å². The van der Waals surface area contributed by atoms with E-state index in [9.17, 15) is 0 Å². The molecule has 0 aromatic carbocycles. The molecule has 1 rings (SSSR count). The van der Waals surface area contributed by atoms with Crippen molar-refractivity contribution in [3.8, 4) is 0 Å². The first-order valence-electron chi connectivity index (χ1n) is 7.32. The van der Waals surface area contributed by atoms with Gasteiger partial charge in [-0.3, -0.25) is 0 Å². The topological polar surface area (TPSA) is 15.3 Å². The van der Waals surface area contributed by atoms with E-state index in [1.165, 1.54) is 45.3 Å². The van der Waals surface area contributed by atoms with Gasteiger partial charge in [0.15, 0.2) is 0 Å². The highest BCUT2D eigenvalue weighted by Gasteiger charge is 2.23. The third-order valence-electron chi connectivity index (χ3n) is 4.44. The van der Waals surface area contributed by atoms with Gasteiger partial charge < -0.3 is 10.2 Å². The molecular formula is C15H32N2. The van der Waals surface area contributed by atoms with Gasteiger partial charge in [-0.05, 0) is 70.6 Å². The van der Waals surface area contributed by atoms with E-state index in [2.05, 4.69) is 45.0 Å². The van der Waals surface area contributed by atoms with E-state index in [4.69, 9.17) is 0 Å². The normalized spacial score (nSPS) is 24.0. The molecule has 0 aromatic heterocycles. The summed E-state index contributed by atoms with van der Waals surface area (Å²) in [4.78, 5) is 2.52. The average molecular weight is 240 g/mol. The van der Waals surface area contributed by atoms with Crippen molar-refractivity contribution in [1.29, 1.82) is 0 Å². The fourth-order valence-electron chi connectivity index (χ4n) is 2.65. The minimum atomic E-state index is 0.390. The molecule has 0 aliphatic carbocycles. The van der Waals surface area contributed by atoms with Crippen molar-refractivity contribution in [2.24, 2.45) is 11.3 Å². The Labute approximate surface area is 108 Å². The lowest BCUT2D eigenvalue weighted by atomic mass is 9.87. The summed E-state index contributed by atoms with van der Waals surface area (Å²) in [5.41, 5.74) is 0.390. The van der Waals surface area contributed by atoms with Crippen LogP contribution in [0.2, 0.25) is 0 Å². The minimum absolute atomic E-state index is 0.390. The van der Waals surface area contributed by atoms with Crippen molar-refractivity contribution >= 4 is 0 Å². The molecule has 1 heterocycles. The van der Waals surface area contributed by atoms with Crippen molar-refractivity contribution in [3.05, 3.63) is 0 Å². The molecule has 2 atom stereocenters. The molecule has 0 bridgehead atoms. The third kappa shape index (κ3) is 5.39. The van der Waals surface area contributed by atoms with Crippen molar-refractivity contribution in [2.75, 3.05) is 26.7 Å². The molecule has 1 saturated heterocycles. The predicted molar refractivity (Wildman–Crippen MR) is 76.4 cm³/mol. The van der Waals surface area contributed by atoms with Gasteiger partial charge in [0.2, 0.25) is 0 Å². The van der Waals surface area contributed by atoms with E-state index < -0.39 is 0 Å². The zero-order valence-electron chi connectivity index (χ0n) is 12.6. The highest BCUT2D eigenvalue weighted by molar-refractivity contribution is 4.78. The second-order valence-corrected chi connectivity index (χ2v) is 6.88. The standard InChI is InChI=1S/C15H32N2/c1-13(15(2,3)4)17(5)11-7-9-14-8-6-10-16-12-14/h13-14,16H,6-12H2,1-5H3. The summed E-state index contributed by atoms with van der Waals surface area (Å²) in [5.74, 6) is 0.932. The zero-order valence-corrected chi connectivity index (χ0v) is 12.6. The molecule has 102 valence electrons. The van der Waals surface area contributed by atoms with E-state index in [0.29, 0.717) is 11.5 Å². The van der Waals surface area contributed by atoms with Crippen LogP contribution in [0.15, 0.2) is 0 Å². The van der Waals surface area contributed by atoms with Crippen LogP contribution in [0, 0.1) is 11.3 Å². The van der Waals surface area contributed by atoms with Gasteiger partial charge in [0, 0.05) is 6.04 Å². The first-order chi connectivity index (χ1) is 7.91. The van der Waals surface area contributed by atoms with Crippen LogP contribution in [0.5, 0.6) is 0 Å². The van der Waals surface area contributed by atoms with Crippen LogP contribution in [0.4, 0.5) is 0 Å². The van der Waals surface area contributed by atoms with Crippen LogP contribution in [0.1, 0.15) is 53.4 Å². The fourth-order valence-corrected chi connectivity index (χ4v) is 2.65. The summed E-state index contributed by atoms with van der Waals surface area (Å²) in [6, 6.07) is 0.659. The number of nitrogens with one attached hydrogen (secondary N) is 1. The first kappa shape index (κ1) is 15.0. The van der Waals surface area contributed by atoms with Crippen LogP contribution >= 0.6 is 0 Å². The molecule has 0 saturated carbocycles. The van der Waals surface area contributed by atoms with Crippen molar-refractivity contribution in [2.45, 2.75) is 59.4 Å². The third-order valence-corrected chi connectivity index (χ3v) is 4.44. The fraction of sp³-hybridized carbons (Fsp3) is 1.00. The molecule has 2 heteroatoms. The Morgan fingerprint density at radius 1 is 1.35 bits per heavy atom. The van der Waals surface area contributed by atoms with Crippen LogP contribution in [0.3, 0.4) is 0 Å². The largest absolute Gasteiger partial charge is 0.316 e. The molecule has 0 amide bonds. The highest BCUT2D eigenvalue weighted by atomic mass is 15.1. The van der Waals surface area contributed by atoms with Crippen LogP contribution in [0.25, 0.3) is 0 Å². The molecule has 0 spiro atoms. The summed E-state index contributed by atoms with van der Waals surface area (Å²) in [5, 5.41) is 3.51. The van der Waals surface area contributed by atoms with E-state index in [-0.39, 0.29) is 0 Å². The molecule has 2 nitrogen and oxygen atoms in total. The molecule has 1 fully saturated rings. The van der Waals surface area contributed by atoms with Gasteiger partial charge in [-0.15, -0.1) is 0 Å². The zero-order chi connectivity index (χ0) is 12.9. The van der Waals surface area contributed by atoms with E-state index in [1.54, 1.807) is 0 Å². The van der Waals surface area contributed by atoms with Gasteiger partial charge in [0.1, 0.15) is 0 Å². The average Bonchev–Trinajstić information content (AvgIpc) is 2.28. The minimum Gasteiger partial charge on any atom is -0.316 e. The number of rotatable bonds is 5. The van der Waals surface area contributed by atoms with E-state index in [0.717, 1.165) is 5.92 Å². The number of nitrogens with zero attached hydrogens (tertiary/aromatic N) is 1. The number of hydrogen-bond acceptors (Lipinski definition) is 2. The summed E-state index contributed by atoms with van der Waals surface area (Å²) in [6.45, 7) is 13.1. The van der Waals surface area contributed by atoms with Gasteiger partial charge in [0.25, 0.3) is 0 Å². The lowest BCUT2D eigenvalue weighted by molar-refractivity contribution is 0.136. The summed E-state index contributed by atoms with van der Waals surface area (Å²) in [7, 11) is 2.27. The molecule has 1 aliphatic rings. The molecule has 0 radical (unpaired) electrons. The van der Waals surface area contributed by atoms with Gasteiger partial charge in [-0.1, -0.05) is 20.8 Å². The maximum atomic E-state index is 3.51. The molecule has 0 aromatic rings. The second kappa shape index (κ2) is 6.75. The Morgan fingerprint density at radius 3 is 2.59 bits per heavy atom. The number of piperidine rings is 1. The van der Waals surface area contributed by atoms with Gasteiger partial charge in [0.05, 0.1) is 0 Å². The highest BCUT2D eigenvalue weighted by Crippen LogP contribution is 2.23. The van der Waals surface area contributed by atoms with E-state index >= 15 is 0 Å². The summed E-state index contributed by atoms with van der Waals surface area (Å²) >= 11 is 0. The molecule has 17 heavy (non-hydrogen) atoms. The predicted octanol–water partition coefficient (Wildman–Crippen LogP) is 3.13. The maximum absolute atomic E-state index is 3.51. The Hall–Kier alpha value is -0.0800. The molecule has 1 N–H and O–H groups in total. The Balaban J connectivity index is 2.17. The van der Waals surface area contributed by atoms with E-state index in [1.807, 2.05) is 0 Å². The van der Waals surface area contributed by atoms with Crippen LogP contribution in [-0.4, -0.2) is 37.6 Å². The maximum Gasteiger partial charge on any atom is 0.0112 e. The smallest absolute Gasteiger partial charge is 0.0112 e. The summed E-state index contributed by atoms with van der Waals surface area (Å²) < 4.78 is 0. The molecular weight excluding hydrogens is 208 g/mol. The van der Waals surface area contributed by atoms with Crippen LogP contribution < -0.4 is 5.32 Å².